The van der Waals surface area contributed by atoms with Crippen molar-refractivity contribution in [1.82, 2.24) is 15.1 Å². The van der Waals surface area contributed by atoms with E-state index in [1.165, 1.54) is 0 Å². The third kappa shape index (κ3) is 7.24. The molecule has 3 heterocycles. The third-order valence-corrected chi connectivity index (χ3v) is 6.27. The van der Waals surface area contributed by atoms with Gasteiger partial charge in [0, 0.05) is 24.8 Å². The van der Waals surface area contributed by atoms with Gasteiger partial charge >= 0.3 is 6.18 Å². The van der Waals surface area contributed by atoms with E-state index in [2.05, 4.69) is 36.2 Å². The van der Waals surface area contributed by atoms with E-state index < -0.39 is 17.6 Å². The molecule has 37 heavy (non-hydrogen) atoms. The highest BCUT2D eigenvalue weighted by atomic mass is 19.4. The van der Waals surface area contributed by atoms with Gasteiger partial charge in [0.1, 0.15) is 12.4 Å². The van der Waals surface area contributed by atoms with Crippen LogP contribution in [0.25, 0.3) is 0 Å². The van der Waals surface area contributed by atoms with Crippen molar-refractivity contribution in [3.63, 3.8) is 0 Å². The van der Waals surface area contributed by atoms with Gasteiger partial charge in [0.2, 0.25) is 5.91 Å². The summed E-state index contributed by atoms with van der Waals surface area (Å²) in [5.41, 5.74) is -0.129. The highest BCUT2D eigenvalue weighted by Gasteiger charge is 2.32. The predicted octanol–water partition coefficient (Wildman–Crippen LogP) is 4.00. The minimum atomic E-state index is -4.64. The average molecular weight is 523 g/mol. The summed E-state index contributed by atoms with van der Waals surface area (Å²) in [5.74, 6) is -0.973. The van der Waals surface area contributed by atoms with Crippen LogP contribution in [0.3, 0.4) is 0 Å². The number of hydrogen-bond acceptors (Lipinski definition) is 4. The van der Waals surface area contributed by atoms with Gasteiger partial charge in [0.25, 0.3) is 5.91 Å². The molecule has 202 valence electrons. The van der Waals surface area contributed by atoms with E-state index >= 15 is 0 Å². The monoisotopic (exact) mass is 522 g/mol. The van der Waals surface area contributed by atoms with Crippen LogP contribution in [-0.4, -0.2) is 47.0 Å². The molecule has 0 unspecified atom stereocenters. The highest BCUT2D eigenvalue weighted by Crippen LogP contribution is 2.33. The number of carbonyl (C=O) groups excluding carboxylic acids is 2. The first-order valence-electron chi connectivity index (χ1n) is 12.5. The highest BCUT2D eigenvalue weighted by molar-refractivity contribution is 5.97. The molecule has 2 saturated heterocycles. The van der Waals surface area contributed by atoms with Crippen molar-refractivity contribution in [2.24, 2.45) is 10.4 Å². The number of hydrogen-bond donors (Lipinski definition) is 2. The third-order valence-electron chi connectivity index (χ3n) is 6.27. The van der Waals surface area contributed by atoms with Gasteiger partial charge in [0.15, 0.2) is 5.49 Å². The largest absolute Gasteiger partial charge is 0.491 e. The molecule has 2 aromatic rings. The van der Waals surface area contributed by atoms with Gasteiger partial charge in [-0.3, -0.25) is 14.3 Å². The number of carbonyl (C=O) groups is 2. The number of alkyl halides is 3. The van der Waals surface area contributed by atoms with Crippen LogP contribution in [0.2, 0.25) is 0 Å². The number of aromatic nitrogens is 2. The number of nitrogens with one attached hydrogen (secondary N) is 2. The topological polar surface area (TPSA) is 97.7 Å². The molecule has 4 rings (SSSR count). The zero-order valence-electron chi connectivity index (χ0n) is 21.3. The zero-order chi connectivity index (χ0) is 26.8. The fourth-order valence-corrected chi connectivity index (χ4v) is 4.54. The van der Waals surface area contributed by atoms with Crippen LogP contribution in [0.4, 0.5) is 13.2 Å². The molecule has 2 N–H and O–H groups in total. The van der Waals surface area contributed by atoms with E-state index in [4.69, 9.17) is 9.47 Å². The first-order valence-corrected chi connectivity index (χ1v) is 12.5. The standard InChI is InChI=1S/C26H33F3N4O4/c1-25(2,3)13-18-12-22(33(32-18)14-19-5-4-10-36-19)31-24(35)20-11-16(26(27,28)29)6-8-21(20)37-15-17-7-9-23(34)30-17/h6,8,11-12,17,19,32H,4-5,7,9-10,13-15H2,1-3H3,(H,30,34)/t17-,19+/m0/s1. The molecule has 2 fully saturated rings. The molecule has 0 saturated carbocycles. The summed E-state index contributed by atoms with van der Waals surface area (Å²) in [7, 11) is 0. The van der Waals surface area contributed by atoms with Crippen LogP contribution in [0.5, 0.6) is 5.75 Å². The number of aromatic amines is 1. The van der Waals surface area contributed by atoms with E-state index in [9.17, 15) is 22.8 Å². The Labute approximate surface area is 213 Å². The summed E-state index contributed by atoms with van der Waals surface area (Å²) in [6.45, 7) is 7.40. The second kappa shape index (κ2) is 10.7. The van der Waals surface area contributed by atoms with Crippen molar-refractivity contribution in [1.29, 1.82) is 0 Å². The number of amides is 2. The Morgan fingerprint density at radius 2 is 2.00 bits per heavy atom. The number of H-pyrrole nitrogens is 1. The van der Waals surface area contributed by atoms with E-state index in [1.54, 1.807) is 10.7 Å². The number of ether oxygens (including phenoxy) is 2. The lowest BCUT2D eigenvalue weighted by Crippen LogP contribution is -2.31. The predicted molar refractivity (Wildman–Crippen MR) is 129 cm³/mol. The van der Waals surface area contributed by atoms with E-state index in [-0.39, 0.29) is 41.4 Å². The summed E-state index contributed by atoms with van der Waals surface area (Å²) in [6.07, 6.45) is -1.26. The Bertz CT molecular complexity index is 1200. The zero-order valence-corrected chi connectivity index (χ0v) is 21.3. The summed E-state index contributed by atoms with van der Waals surface area (Å²) < 4.78 is 53.5. The first kappa shape index (κ1) is 27.0. The van der Waals surface area contributed by atoms with E-state index in [1.807, 2.05) is 0 Å². The van der Waals surface area contributed by atoms with Gasteiger partial charge in [-0.25, -0.2) is 0 Å². The molecule has 0 bridgehead atoms. The number of nitrogens with zero attached hydrogens (tertiary/aromatic N) is 2. The molecule has 11 heteroatoms. The normalized spacial score (nSPS) is 20.9. The number of rotatable bonds is 7. The molecule has 8 nitrogen and oxygen atoms in total. The average Bonchev–Trinajstić information content (AvgIpc) is 3.53. The van der Waals surface area contributed by atoms with E-state index in [0.29, 0.717) is 37.9 Å². The maximum absolute atomic E-state index is 13.5. The summed E-state index contributed by atoms with van der Waals surface area (Å²) >= 11 is 0. The van der Waals surface area contributed by atoms with Crippen LogP contribution >= 0.6 is 0 Å². The smallest absolute Gasteiger partial charge is 0.416 e. The minimum Gasteiger partial charge on any atom is -0.491 e. The van der Waals surface area contributed by atoms with Crippen molar-refractivity contribution >= 4 is 11.8 Å². The van der Waals surface area contributed by atoms with Crippen molar-refractivity contribution in [3.8, 4) is 5.75 Å². The Hall–Kier alpha value is -3.08. The second-order valence-electron chi connectivity index (χ2n) is 10.9. The van der Waals surface area contributed by atoms with E-state index in [0.717, 1.165) is 36.7 Å². The van der Waals surface area contributed by atoms with Crippen molar-refractivity contribution < 1.29 is 32.2 Å². The van der Waals surface area contributed by atoms with Crippen LogP contribution < -0.4 is 15.5 Å². The van der Waals surface area contributed by atoms with Crippen LogP contribution in [0, 0.1) is 5.41 Å². The molecule has 1 aromatic heterocycles. The lowest BCUT2D eigenvalue weighted by atomic mass is 9.91. The Kier molecular flexibility index (Phi) is 7.82. The summed E-state index contributed by atoms with van der Waals surface area (Å²) in [6, 6.07) is 4.24. The lowest BCUT2D eigenvalue weighted by Gasteiger charge is -2.16. The molecule has 2 aliphatic heterocycles. The number of benzene rings is 1. The molecule has 1 aromatic carbocycles. The Morgan fingerprint density at radius 3 is 2.62 bits per heavy atom. The Morgan fingerprint density at radius 1 is 1.22 bits per heavy atom. The van der Waals surface area contributed by atoms with Crippen LogP contribution in [0.1, 0.15) is 68.1 Å². The number of halogens is 3. The SMILES string of the molecule is CC(C)(C)Cc1cc(=NC(=O)c2cc(C(F)(F)F)ccc2OC[C@@H]2CCC(=O)N2)n(C[C@H]2CCCO2)[nH]1. The van der Waals surface area contributed by atoms with Gasteiger partial charge in [0.05, 0.1) is 29.8 Å². The second-order valence-corrected chi connectivity index (χ2v) is 10.9. The summed E-state index contributed by atoms with van der Waals surface area (Å²) in [4.78, 5) is 29.0. The minimum absolute atomic E-state index is 0.0148. The van der Waals surface area contributed by atoms with Crippen molar-refractivity contribution in [2.75, 3.05) is 13.2 Å². The van der Waals surface area contributed by atoms with Gasteiger partial charge < -0.3 is 19.9 Å². The maximum Gasteiger partial charge on any atom is 0.416 e. The molecular weight excluding hydrogens is 489 g/mol. The first-order chi connectivity index (χ1) is 17.4. The maximum atomic E-state index is 13.5. The molecule has 2 aliphatic rings. The molecule has 2 amide bonds. The van der Waals surface area contributed by atoms with Crippen LogP contribution in [0.15, 0.2) is 29.3 Å². The van der Waals surface area contributed by atoms with Crippen molar-refractivity contribution in [2.45, 2.75) is 77.7 Å². The molecule has 0 radical (unpaired) electrons. The van der Waals surface area contributed by atoms with Gasteiger partial charge in [-0.1, -0.05) is 20.8 Å². The quantitative estimate of drug-likeness (QED) is 0.575. The summed E-state index contributed by atoms with van der Waals surface area (Å²) in [5, 5.41) is 6.02. The fourth-order valence-electron chi connectivity index (χ4n) is 4.54. The Balaban J connectivity index is 1.67. The van der Waals surface area contributed by atoms with Gasteiger partial charge in [-0.15, -0.1) is 0 Å². The molecule has 2 atom stereocenters. The molecule has 0 spiro atoms. The van der Waals surface area contributed by atoms with Crippen LogP contribution in [-0.2, 0) is 28.7 Å². The molecular formula is C26H33F3N4O4. The van der Waals surface area contributed by atoms with Gasteiger partial charge in [-0.05, 0) is 49.3 Å². The molecule has 0 aliphatic carbocycles. The fraction of sp³-hybridized carbons (Fsp3) is 0.577. The van der Waals surface area contributed by atoms with Crippen molar-refractivity contribution in [3.05, 3.63) is 46.6 Å². The van der Waals surface area contributed by atoms with Gasteiger partial charge in [-0.2, -0.15) is 18.2 Å². The lowest BCUT2D eigenvalue weighted by molar-refractivity contribution is -0.137.